The van der Waals surface area contributed by atoms with Crippen LogP contribution in [0.4, 0.5) is 0 Å². The maximum atomic E-state index is 5.28. The lowest BCUT2D eigenvalue weighted by molar-refractivity contribution is 0.145. The van der Waals surface area contributed by atoms with Gasteiger partial charge in [0.05, 0.1) is 0 Å². The monoisotopic (exact) mass is 227 g/mol. The average molecular weight is 227 g/mol. The van der Waals surface area contributed by atoms with E-state index in [1.165, 1.54) is 12.8 Å². The number of hydrogen-bond acceptors (Lipinski definition) is 2. The zero-order chi connectivity index (χ0) is 11.6. The Labute approximate surface area is 98.9 Å². The fourth-order valence-corrected chi connectivity index (χ4v) is 1.39. The molecule has 0 aromatic carbocycles. The molecule has 0 bridgehead atoms. The van der Waals surface area contributed by atoms with Gasteiger partial charge in [0.1, 0.15) is 0 Å². The Kier molecular flexibility index (Phi) is 6.97. The van der Waals surface area contributed by atoms with Crippen LogP contribution >= 0.6 is 0 Å². The lowest BCUT2D eigenvalue weighted by Gasteiger charge is -2.10. The molecule has 0 saturated heterocycles. The van der Waals surface area contributed by atoms with Gasteiger partial charge in [-0.1, -0.05) is 0 Å². The van der Waals surface area contributed by atoms with E-state index in [0.717, 1.165) is 51.1 Å². The molecular formula is C12H25N3O. The first-order valence-electron chi connectivity index (χ1n) is 6.46. The summed E-state index contributed by atoms with van der Waals surface area (Å²) in [7, 11) is 0. The Balaban J connectivity index is 2.08. The van der Waals surface area contributed by atoms with E-state index in [1.54, 1.807) is 0 Å². The van der Waals surface area contributed by atoms with Crippen molar-refractivity contribution in [2.45, 2.75) is 33.1 Å². The molecule has 2 N–H and O–H groups in total. The minimum Gasteiger partial charge on any atom is -0.382 e. The summed E-state index contributed by atoms with van der Waals surface area (Å²) in [4.78, 5) is 4.55. The largest absolute Gasteiger partial charge is 0.382 e. The highest BCUT2D eigenvalue weighted by molar-refractivity contribution is 5.79. The molecule has 16 heavy (non-hydrogen) atoms. The van der Waals surface area contributed by atoms with Crippen LogP contribution in [0.3, 0.4) is 0 Å². The standard InChI is InChI=1S/C12H25N3O/c1-3-13-12(15-10-11-6-7-11)14-8-5-9-16-4-2/h11H,3-10H2,1-2H3,(H2,13,14,15). The molecule has 1 saturated carbocycles. The van der Waals surface area contributed by atoms with Crippen molar-refractivity contribution in [2.75, 3.05) is 32.8 Å². The van der Waals surface area contributed by atoms with Crippen molar-refractivity contribution in [3.63, 3.8) is 0 Å². The number of nitrogens with one attached hydrogen (secondary N) is 2. The molecule has 0 radical (unpaired) electrons. The number of aliphatic imine (C=N–C) groups is 1. The molecule has 1 fully saturated rings. The molecule has 4 heteroatoms. The van der Waals surface area contributed by atoms with E-state index in [-0.39, 0.29) is 0 Å². The predicted octanol–water partition coefficient (Wildman–Crippen LogP) is 1.38. The van der Waals surface area contributed by atoms with Crippen molar-refractivity contribution in [3.8, 4) is 0 Å². The van der Waals surface area contributed by atoms with Crippen LogP contribution in [-0.4, -0.2) is 38.8 Å². The smallest absolute Gasteiger partial charge is 0.191 e. The van der Waals surface area contributed by atoms with Gasteiger partial charge < -0.3 is 15.4 Å². The lowest BCUT2D eigenvalue weighted by atomic mass is 10.4. The van der Waals surface area contributed by atoms with E-state index in [4.69, 9.17) is 4.74 Å². The van der Waals surface area contributed by atoms with Gasteiger partial charge in [-0.05, 0) is 39.0 Å². The van der Waals surface area contributed by atoms with Crippen molar-refractivity contribution < 1.29 is 4.74 Å². The third-order valence-electron chi connectivity index (χ3n) is 2.51. The quantitative estimate of drug-likeness (QED) is 0.374. The number of rotatable bonds is 8. The van der Waals surface area contributed by atoms with Crippen molar-refractivity contribution in [1.29, 1.82) is 0 Å². The second-order valence-corrected chi connectivity index (χ2v) is 4.14. The van der Waals surface area contributed by atoms with Crippen molar-refractivity contribution in [3.05, 3.63) is 0 Å². The van der Waals surface area contributed by atoms with Crippen molar-refractivity contribution >= 4 is 5.96 Å². The maximum Gasteiger partial charge on any atom is 0.191 e. The van der Waals surface area contributed by atoms with Crippen LogP contribution in [0, 0.1) is 5.92 Å². The molecule has 0 atom stereocenters. The number of guanidine groups is 1. The summed E-state index contributed by atoms with van der Waals surface area (Å²) >= 11 is 0. The molecule has 0 spiro atoms. The Morgan fingerprint density at radius 2 is 2.12 bits per heavy atom. The normalized spacial score (nSPS) is 16.2. The summed E-state index contributed by atoms with van der Waals surface area (Å²) in [6, 6.07) is 0. The fourth-order valence-electron chi connectivity index (χ4n) is 1.39. The first-order valence-corrected chi connectivity index (χ1v) is 6.46. The van der Waals surface area contributed by atoms with Gasteiger partial charge in [-0.3, -0.25) is 4.99 Å². The lowest BCUT2D eigenvalue weighted by Crippen LogP contribution is -2.38. The molecule has 1 aliphatic rings. The molecule has 0 aromatic heterocycles. The third-order valence-corrected chi connectivity index (χ3v) is 2.51. The van der Waals surface area contributed by atoms with Gasteiger partial charge in [-0.15, -0.1) is 0 Å². The molecule has 0 amide bonds. The van der Waals surface area contributed by atoms with E-state index in [2.05, 4.69) is 22.5 Å². The molecule has 1 rings (SSSR count). The second-order valence-electron chi connectivity index (χ2n) is 4.14. The number of hydrogen-bond donors (Lipinski definition) is 2. The molecule has 4 nitrogen and oxygen atoms in total. The Bertz CT molecular complexity index is 202. The molecular weight excluding hydrogens is 202 g/mol. The molecule has 94 valence electrons. The summed E-state index contributed by atoms with van der Waals surface area (Å²) in [5.74, 6) is 1.80. The zero-order valence-electron chi connectivity index (χ0n) is 10.6. The van der Waals surface area contributed by atoms with E-state index < -0.39 is 0 Å². The number of nitrogens with zero attached hydrogens (tertiary/aromatic N) is 1. The Hall–Kier alpha value is -0.770. The van der Waals surface area contributed by atoms with Crippen LogP contribution in [0.2, 0.25) is 0 Å². The van der Waals surface area contributed by atoms with E-state index in [0.29, 0.717) is 0 Å². The second kappa shape index (κ2) is 8.39. The highest BCUT2D eigenvalue weighted by atomic mass is 16.5. The van der Waals surface area contributed by atoms with Crippen LogP contribution in [0.25, 0.3) is 0 Å². The average Bonchev–Trinajstić information content (AvgIpc) is 3.09. The number of ether oxygens (including phenoxy) is 1. The van der Waals surface area contributed by atoms with Crippen LogP contribution in [0.15, 0.2) is 4.99 Å². The summed E-state index contributed by atoms with van der Waals surface area (Å²) in [5.41, 5.74) is 0. The van der Waals surface area contributed by atoms with E-state index >= 15 is 0 Å². The van der Waals surface area contributed by atoms with Crippen LogP contribution < -0.4 is 10.6 Å². The molecule has 0 aromatic rings. The summed E-state index contributed by atoms with van der Waals surface area (Å²) in [6.45, 7) is 8.56. The Morgan fingerprint density at radius 1 is 1.31 bits per heavy atom. The summed E-state index contributed by atoms with van der Waals surface area (Å²) in [5, 5.41) is 6.58. The first-order chi connectivity index (χ1) is 7.86. The summed E-state index contributed by atoms with van der Waals surface area (Å²) < 4.78 is 5.28. The highest BCUT2D eigenvalue weighted by Crippen LogP contribution is 2.28. The van der Waals surface area contributed by atoms with Gasteiger partial charge in [0.2, 0.25) is 0 Å². The zero-order valence-corrected chi connectivity index (χ0v) is 10.6. The van der Waals surface area contributed by atoms with Gasteiger partial charge in [-0.25, -0.2) is 0 Å². The van der Waals surface area contributed by atoms with Crippen LogP contribution in [-0.2, 0) is 4.74 Å². The fraction of sp³-hybridized carbons (Fsp3) is 0.917. The van der Waals surface area contributed by atoms with Crippen LogP contribution in [0.1, 0.15) is 33.1 Å². The summed E-state index contributed by atoms with van der Waals surface area (Å²) in [6.07, 6.45) is 3.74. The molecule has 0 aliphatic heterocycles. The highest BCUT2D eigenvalue weighted by Gasteiger charge is 2.20. The van der Waals surface area contributed by atoms with E-state index in [9.17, 15) is 0 Å². The SMILES string of the molecule is CCNC(=NCC1CC1)NCCCOCC. The minimum atomic E-state index is 0.801. The topological polar surface area (TPSA) is 45.7 Å². The van der Waals surface area contributed by atoms with Gasteiger partial charge in [-0.2, -0.15) is 0 Å². The van der Waals surface area contributed by atoms with Gasteiger partial charge >= 0.3 is 0 Å². The van der Waals surface area contributed by atoms with Gasteiger partial charge in [0, 0.05) is 32.8 Å². The predicted molar refractivity (Wildman–Crippen MR) is 67.8 cm³/mol. The van der Waals surface area contributed by atoms with Gasteiger partial charge in [0.15, 0.2) is 5.96 Å². The maximum absolute atomic E-state index is 5.28. The van der Waals surface area contributed by atoms with Crippen LogP contribution in [0.5, 0.6) is 0 Å². The van der Waals surface area contributed by atoms with Crippen molar-refractivity contribution in [2.24, 2.45) is 10.9 Å². The minimum absolute atomic E-state index is 0.801. The first kappa shape index (κ1) is 13.3. The molecule has 0 heterocycles. The van der Waals surface area contributed by atoms with Gasteiger partial charge in [0.25, 0.3) is 0 Å². The molecule has 0 unspecified atom stereocenters. The molecule has 1 aliphatic carbocycles. The van der Waals surface area contributed by atoms with Crippen molar-refractivity contribution in [1.82, 2.24) is 10.6 Å². The third kappa shape index (κ3) is 6.67. The Morgan fingerprint density at radius 3 is 2.75 bits per heavy atom. The van der Waals surface area contributed by atoms with E-state index in [1.807, 2.05) is 6.92 Å².